The first-order chi connectivity index (χ1) is 11.5. The van der Waals surface area contributed by atoms with Crippen molar-refractivity contribution >= 4 is 44.9 Å². The molecule has 0 atom stereocenters. The average molecular weight is 364 g/mol. The summed E-state index contributed by atoms with van der Waals surface area (Å²) in [5.74, 6) is 0.321. The van der Waals surface area contributed by atoms with Crippen molar-refractivity contribution in [1.82, 2.24) is 9.97 Å². The van der Waals surface area contributed by atoms with Crippen molar-refractivity contribution in [2.24, 2.45) is 0 Å². The highest BCUT2D eigenvalue weighted by atomic mass is 35.5. The third kappa shape index (κ3) is 3.13. The van der Waals surface area contributed by atoms with Gasteiger partial charge in [0.05, 0.1) is 12.5 Å². The normalized spacial score (nSPS) is 10.8. The molecule has 6 nitrogen and oxygen atoms in total. The molecule has 1 N–H and O–H groups in total. The number of aromatic nitrogens is 2. The van der Waals surface area contributed by atoms with Crippen LogP contribution < -0.4 is 9.64 Å². The highest BCUT2D eigenvalue weighted by molar-refractivity contribution is 7.17. The Morgan fingerprint density at radius 2 is 2.04 bits per heavy atom. The van der Waals surface area contributed by atoms with Crippen molar-refractivity contribution < 1.29 is 14.6 Å². The number of thiophene rings is 1. The summed E-state index contributed by atoms with van der Waals surface area (Å²) in [6, 6.07) is 7.62. The number of anilines is 1. The van der Waals surface area contributed by atoms with Crippen molar-refractivity contribution in [2.75, 3.05) is 25.6 Å². The van der Waals surface area contributed by atoms with Crippen molar-refractivity contribution in [3.63, 3.8) is 0 Å². The SMILES string of the molecule is COc1ccc(-c2csc3nc(Cl)nc(N(C)CC(=O)O)c23)cc1. The fraction of sp³-hybridized carbons (Fsp3) is 0.188. The van der Waals surface area contributed by atoms with Crippen molar-refractivity contribution in [2.45, 2.75) is 0 Å². The Bertz CT molecular complexity index is 895. The van der Waals surface area contributed by atoms with E-state index in [0.29, 0.717) is 10.6 Å². The van der Waals surface area contributed by atoms with Crippen molar-refractivity contribution in [3.05, 3.63) is 34.9 Å². The maximum atomic E-state index is 11.0. The van der Waals surface area contributed by atoms with E-state index in [1.54, 1.807) is 19.1 Å². The largest absolute Gasteiger partial charge is 0.497 e. The van der Waals surface area contributed by atoms with Gasteiger partial charge in [-0.3, -0.25) is 4.79 Å². The molecule has 24 heavy (non-hydrogen) atoms. The van der Waals surface area contributed by atoms with Gasteiger partial charge in [0.25, 0.3) is 0 Å². The van der Waals surface area contributed by atoms with Crippen LogP contribution in [-0.2, 0) is 4.79 Å². The van der Waals surface area contributed by atoms with Crippen molar-refractivity contribution in [1.29, 1.82) is 0 Å². The highest BCUT2D eigenvalue weighted by Gasteiger charge is 2.19. The molecule has 124 valence electrons. The number of carbonyl (C=O) groups is 1. The van der Waals surface area contributed by atoms with Crippen LogP contribution in [-0.4, -0.2) is 41.7 Å². The summed E-state index contributed by atoms with van der Waals surface area (Å²) in [6.07, 6.45) is 0. The number of likely N-dealkylation sites (N-methyl/N-ethyl adjacent to an activating group) is 1. The Balaban J connectivity index is 2.16. The van der Waals surface area contributed by atoms with E-state index in [9.17, 15) is 4.79 Å². The van der Waals surface area contributed by atoms with Gasteiger partial charge in [-0.1, -0.05) is 12.1 Å². The summed E-state index contributed by atoms with van der Waals surface area (Å²) >= 11 is 7.44. The summed E-state index contributed by atoms with van der Waals surface area (Å²) in [4.78, 5) is 21.8. The summed E-state index contributed by atoms with van der Waals surface area (Å²) in [7, 11) is 3.28. The molecule has 2 aromatic heterocycles. The Morgan fingerprint density at radius 1 is 1.33 bits per heavy atom. The summed E-state index contributed by atoms with van der Waals surface area (Å²) in [6.45, 7) is -0.180. The molecule has 0 unspecified atom stereocenters. The lowest BCUT2D eigenvalue weighted by Crippen LogP contribution is -2.26. The van der Waals surface area contributed by atoms with Crippen LogP contribution in [0.25, 0.3) is 21.3 Å². The number of halogens is 1. The molecule has 3 aromatic rings. The molecule has 0 spiro atoms. The molecule has 0 saturated heterocycles. The number of carboxylic acids is 1. The number of benzene rings is 1. The maximum absolute atomic E-state index is 11.0. The lowest BCUT2D eigenvalue weighted by Gasteiger charge is -2.17. The van der Waals surface area contributed by atoms with Gasteiger partial charge in [0.2, 0.25) is 5.28 Å². The molecule has 1 aromatic carbocycles. The zero-order valence-corrected chi connectivity index (χ0v) is 14.6. The number of hydrogen-bond donors (Lipinski definition) is 1. The fourth-order valence-corrected chi connectivity index (χ4v) is 3.59. The van der Waals surface area contributed by atoms with Crippen LogP contribution in [0.3, 0.4) is 0 Å². The van der Waals surface area contributed by atoms with Crippen LogP contribution in [0.15, 0.2) is 29.6 Å². The Hall–Kier alpha value is -2.38. The van der Waals surface area contributed by atoms with E-state index >= 15 is 0 Å². The molecule has 0 amide bonds. The first-order valence-electron chi connectivity index (χ1n) is 7.01. The number of aliphatic carboxylic acids is 1. The lowest BCUT2D eigenvalue weighted by molar-refractivity contribution is -0.135. The fourth-order valence-electron chi connectivity index (χ4n) is 2.44. The lowest BCUT2D eigenvalue weighted by atomic mass is 10.1. The molecule has 0 bridgehead atoms. The third-order valence-corrected chi connectivity index (χ3v) is 4.56. The predicted octanol–water partition coefficient (Wildman–Crippen LogP) is 3.54. The van der Waals surface area contributed by atoms with Crippen LogP contribution in [0.2, 0.25) is 5.28 Å². The van der Waals surface area contributed by atoms with Gasteiger partial charge in [-0.2, -0.15) is 4.98 Å². The van der Waals surface area contributed by atoms with E-state index in [1.807, 2.05) is 29.6 Å². The zero-order chi connectivity index (χ0) is 17.3. The minimum atomic E-state index is -0.943. The quantitative estimate of drug-likeness (QED) is 0.699. The topological polar surface area (TPSA) is 75.6 Å². The maximum Gasteiger partial charge on any atom is 0.323 e. The molecular formula is C16H14ClN3O3S. The molecule has 3 rings (SSSR count). The molecule has 0 fully saturated rings. The number of fused-ring (bicyclic) bond motifs is 1. The van der Waals surface area contributed by atoms with Gasteiger partial charge in [0.15, 0.2) is 0 Å². The van der Waals surface area contributed by atoms with E-state index in [0.717, 1.165) is 22.3 Å². The van der Waals surface area contributed by atoms with Gasteiger partial charge in [0.1, 0.15) is 22.9 Å². The Kier molecular flexibility index (Phi) is 4.55. The molecule has 0 saturated carbocycles. The number of carboxylic acid groups (broad SMARTS) is 1. The second-order valence-corrected chi connectivity index (χ2v) is 6.32. The van der Waals surface area contributed by atoms with Gasteiger partial charge in [-0.25, -0.2) is 4.98 Å². The van der Waals surface area contributed by atoms with E-state index in [2.05, 4.69) is 9.97 Å². The van der Waals surface area contributed by atoms with E-state index < -0.39 is 5.97 Å². The van der Waals surface area contributed by atoms with Gasteiger partial charge in [0, 0.05) is 18.0 Å². The highest BCUT2D eigenvalue weighted by Crippen LogP contribution is 2.39. The molecule has 8 heteroatoms. The smallest absolute Gasteiger partial charge is 0.323 e. The standard InChI is InChI=1S/C16H14ClN3O3S/c1-20(7-12(21)22)14-13-11(8-24-15(13)19-16(17)18-14)9-3-5-10(23-2)6-4-9/h3-6,8H,7H2,1-2H3,(H,21,22). The first-order valence-corrected chi connectivity index (χ1v) is 8.27. The third-order valence-electron chi connectivity index (χ3n) is 3.52. The summed E-state index contributed by atoms with van der Waals surface area (Å²) < 4.78 is 5.18. The van der Waals surface area contributed by atoms with Crippen LogP contribution >= 0.6 is 22.9 Å². The first kappa shape index (κ1) is 16.5. The van der Waals surface area contributed by atoms with Crippen molar-refractivity contribution in [3.8, 4) is 16.9 Å². The van der Waals surface area contributed by atoms with Crippen LogP contribution in [0.1, 0.15) is 0 Å². The summed E-state index contributed by atoms with van der Waals surface area (Å²) in [5.41, 5.74) is 1.90. The molecule has 0 aliphatic rings. The minimum absolute atomic E-state index is 0.0952. The van der Waals surface area contributed by atoms with Gasteiger partial charge in [-0.05, 0) is 29.3 Å². The van der Waals surface area contributed by atoms with Crippen LogP contribution in [0.5, 0.6) is 5.75 Å². The minimum Gasteiger partial charge on any atom is -0.497 e. The number of rotatable bonds is 5. The average Bonchev–Trinajstić information content (AvgIpc) is 2.97. The van der Waals surface area contributed by atoms with Gasteiger partial charge < -0.3 is 14.7 Å². The predicted molar refractivity (Wildman–Crippen MR) is 95.3 cm³/mol. The number of hydrogen-bond acceptors (Lipinski definition) is 6. The van der Waals surface area contributed by atoms with Crippen LogP contribution in [0, 0.1) is 0 Å². The molecule has 0 aliphatic carbocycles. The van der Waals surface area contributed by atoms with Gasteiger partial charge >= 0.3 is 5.97 Å². The molecule has 2 heterocycles. The second-order valence-electron chi connectivity index (χ2n) is 5.12. The molecule has 0 radical (unpaired) electrons. The second kappa shape index (κ2) is 6.62. The van der Waals surface area contributed by atoms with Crippen LogP contribution in [0.4, 0.5) is 5.82 Å². The monoisotopic (exact) mass is 363 g/mol. The Labute approximate surface area is 147 Å². The Morgan fingerprint density at radius 3 is 2.67 bits per heavy atom. The molecular weight excluding hydrogens is 350 g/mol. The van der Waals surface area contributed by atoms with E-state index in [-0.39, 0.29) is 11.8 Å². The van der Waals surface area contributed by atoms with E-state index in [1.165, 1.54) is 11.3 Å². The number of methoxy groups -OCH3 is 1. The number of ether oxygens (including phenoxy) is 1. The van der Waals surface area contributed by atoms with Gasteiger partial charge in [-0.15, -0.1) is 11.3 Å². The zero-order valence-electron chi connectivity index (χ0n) is 13.0. The van der Waals surface area contributed by atoms with E-state index in [4.69, 9.17) is 21.4 Å². The molecule has 0 aliphatic heterocycles. The summed E-state index contributed by atoms with van der Waals surface area (Å²) in [5, 5.41) is 11.9. The number of nitrogens with zero attached hydrogens (tertiary/aromatic N) is 3.